The Hall–Kier alpha value is -2.90. The van der Waals surface area contributed by atoms with E-state index >= 15 is 0 Å². The maximum Gasteiger partial charge on any atom is 0.339 e. The van der Waals surface area contributed by atoms with E-state index in [1.807, 2.05) is 0 Å². The van der Waals surface area contributed by atoms with E-state index < -0.39 is 17.8 Å². The molecule has 26 heavy (non-hydrogen) atoms. The summed E-state index contributed by atoms with van der Waals surface area (Å²) in [6, 6.07) is 11.4. The number of aromatic carboxylic acids is 1. The van der Waals surface area contributed by atoms with Crippen molar-refractivity contribution in [3.05, 3.63) is 70.3 Å². The van der Waals surface area contributed by atoms with E-state index in [0.717, 1.165) is 17.4 Å². The molecule has 3 aromatic rings. The molecule has 0 bridgehead atoms. The van der Waals surface area contributed by atoms with Crippen LogP contribution in [-0.2, 0) is 0 Å². The Kier molecular flexibility index (Phi) is 5.20. The summed E-state index contributed by atoms with van der Waals surface area (Å²) < 4.78 is 13.2. The van der Waals surface area contributed by atoms with Gasteiger partial charge < -0.3 is 10.4 Å². The molecule has 0 fully saturated rings. The third-order valence-corrected chi connectivity index (χ3v) is 4.62. The van der Waals surface area contributed by atoms with Crippen LogP contribution < -0.4 is 10.6 Å². The molecule has 0 unspecified atom stereocenters. The Balaban J connectivity index is 1.85. The Bertz CT molecular complexity index is 973. The number of hydrogen-bond donors (Lipinski definition) is 3. The minimum atomic E-state index is -1.17. The minimum absolute atomic E-state index is 0.0216. The molecule has 8 heteroatoms. The lowest BCUT2D eigenvalue weighted by molar-refractivity contribution is 0.0699. The van der Waals surface area contributed by atoms with E-state index in [4.69, 9.17) is 11.6 Å². The number of carbonyl (C=O) groups is 2. The average Bonchev–Trinajstić information content (AvgIpc) is 2.99. The van der Waals surface area contributed by atoms with E-state index in [1.54, 1.807) is 29.6 Å². The normalized spacial score (nSPS) is 10.4. The third kappa shape index (κ3) is 4.01. The predicted octanol–water partition coefficient (Wildman–Crippen LogP) is 5.55. The van der Waals surface area contributed by atoms with Crippen LogP contribution in [0, 0.1) is 5.82 Å². The van der Waals surface area contributed by atoms with Crippen LogP contribution in [0.15, 0.2) is 53.9 Å². The highest BCUT2D eigenvalue weighted by Crippen LogP contribution is 2.36. The molecule has 1 heterocycles. The lowest BCUT2D eigenvalue weighted by Gasteiger charge is -2.08. The van der Waals surface area contributed by atoms with Gasteiger partial charge in [-0.15, -0.1) is 11.3 Å². The summed E-state index contributed by atoms with van der Waals surface area (Å²) in [4.78, 5) is 23.8. The fraction of sp³-hybridized carbons (Fsp3) is 0. The highest BCUT2D eigenvalue weighted by atomic mass is 35.5. The van der Waals surface area contributed by atoms with Gasteiger partial charge in [-0.05, 0) is 35.9 Å². The first-order valence-electron chi connectivity index (χ1n) is 7.38. The molecular formula is C18H12ClFN2O3S. The van der Waals surface area contributed by atoms with Crippen molar-refractivity contribution in [3.8, 4) is 11.1 Å². The van der Waals surface area contributed by atoms with Crippen LogP contribution in [0.4, 0.5) is 19.9 Å². The van der Waals surface area contributed by atoms with Gasteiger partial charge >= 0.3 is 12.0 Å². The Morgan fingerprint density at radius 2 is 1.81 bits per heavy atom. The summed E-state index contributed by atoms with van der Waals surface area (Å²) in [5.41, 5.74) is 1.38. The molecule has 0 atom stereocenters. The zero-order valence-electron chi connectivity index (χ0n) is 13.1. The molecule has 2 aromatic carbocycles. The van der Waals surface area contributed by atoms with Crippen LogP contribution in [0.3, 0.4) is 0 Å². The van der Waals surface area contributed by atoms with Crippen LogP contribution in [0.25, 0.3) is 11.1 Å². The predicted molar refractivity (Wildman–Crippen MR) is 101 cm³/mol. The second-order valence-electron chi connectivity index (χ2n) is 5.26. The zero-order valence-corrected chi connectivity index (χ0v) is 14.7. The molecule has 0 aliphatic heterocycles. The number of nitrogens with one attached hydrogen (secondary N) is 2. The summed E-state index contributed by atoms with van der Waals surface area (Å²) in [5, 5.41) is 16.9. The Morgan fingerprint density at radius 3 is 2.46 bits per heavy atom. The minimum Gasteiger partial charge on any atom is -0.478 e. The number of amides is 2. The molecule has 2 amide bonds. The molecule has 0 radical (unpaired) electrons. The molecule has 1 aromatic heterocycles. The van der Waals surface area contributed by atoms with Crippen molar-refractivity contribution >= 4 is 45.6 Å². The van der Waals surface area contributed by atoms with Gasteiger partial charge in [0.25, 0.3) is 0 Å². The number of carboxylic acids is 1. The number of carbonyl (C=O) groups excluding carboxylic acids is 1. The van der Waals surface area contributed by atoms with Gasteiger partial charge in [0.05, 0.1) is 0 Å². The lowest BCUT2D eigenvalue weighted by Crippen LogP contribution is -2.20. The summed E-state index contributed by atoms with van der Waals surface area (Å²) in [7, 11) is 0. The Morgan fingerprint density at radius 1 is 1.08 bits per heavy atom. The maximum atomic E-state index is 13.2. The van der Waals surface area contributed by atoms with Crippen molar-refractivity contribution in [2.24, 2.45) is 0 Å². The quantitative estimate of drug-likeness (QED) is 0.546. The molecule has 0 saturated carbocycles. The van der Waals surface area contributed by atoms with E-state index in [1.165, 1.54) is 18.2 Å². The summed E-state index contributed by atoms with van der Waals surface area (Å²) in [6.07, 6.45) is 0. The SMILES string of the molecule is O=C(Nc1cccc(F)c1)Nc1scc(-c2ccc(Cl)cc2)c1C(=O)O. The van der Waals surface area contributed by atoms with Gasteiger partial charge in [0.1, 0.15) is 16.4 Å². The van der Waals surface area contributed by atoms with E-state index in [9.17, 15) is 19.1 Å². The number of rotatable bonds is 4. The van der Waals surface area contributed by atoms with Crippen molar-refractivity contribution in [1.82, 2.24) is 0 Å². The van der Waals surface area contributed by atoms with Gasteiger partial charge in [-0.1, -0.05) is 29.8 Å². The number of hydrogen-bond acceptors (Lipinski definition) is 3. The van der Waals surface area contributed by atoms with E-state index in [0.29, 0.717) is 16.1 Å². The van der Waals surface area contributed by atoms with Gasteiger partial charge in [0, 0.05) is 21.7 Å². The molecule has 0 aliphatic rings. The zero-order chi connectivity index (χ0) is 18.7. The number of thiophene rings is 1. The number of urea groups is 1. The van der Waals surface area contributed by atoms with E-state index in [2.05, 4.69) is 10.6 Å². The first-order valence-corrected chi connectivity index (χ1v) is 8.64. The summed E-state index contributed by atoms with van der Waals surface area (Å²) in [6.45, 7) is 0. The van der Waals surface area contributed by atoms with Crippen LogP contribution >= 0.6 is 22.9 Å². The standard InChI is InChI=1S/C18H12ClFN2O3S/c19-11-6-4-10(5-7-11)14-9-26-16(15(14)17(23)24)22-18(25)21-13-3-1-2-12(20)8-13/h1-9H,(H,23,24)(H2,21,22,25). The van der Waals surface area contributed by atoms with Crippen molar-refractivity contribution in [1.29, 1.82) is 0 Å². The topological polar surface area (TPSA) is 78.4 Å². The summed E-state index contributed by atoms with van der Waals surface area (Å²) in [5.74, 6) is -1.66. The van der Waals surface area contributed by atoms with Gasteiger partial charge in [0.2, 0.25) is 0 Å². The first kappa shape index (κ1) is 17.9. The van der Waals surface area contributed by atoms with Crippen molar-refractivity contribution in [2.45, 2.75) is 0 Å². The average molecular weight is 391 g/mol. The van der Waals surface area contributed by atoms with Crippen LogP contribution in [0.1, 0.15) is 10.4 Å². The highest BCUT2D eigenvalue weighted by Gasteiger charge is 2.21. The monoisotopic (exact) mass is 390 g/mol. The molecule has 0 aliphatic carbocycles. The van der Waals surface area contributed by atoms with Crippen LogP contribution in [-0.4, -0.2) is 17.1 Å². The smallest absolute Gasteiger partial charge is 0.339 e. The maximum absolute atomic E-state index is 13.2. The fourth-order valence-electron chi connectivity index (χ4n) is 2.34. The lowest BCUT2D eigenvalue weighted by atomic mass is 10.0. The van der Waals surface area contributed by atoms with Gasteiger partial charge in [0.15, 0.2) is 0 Å². The molecule has 3 rings (SSSR count). The second-order valence-corrected chi connectivity index (χ2v) is 6.57. The van der Waals surface area contributed by atoms with Crippen molar-refractivity contribution < 1.29 is 19.1 Å². The van der Waals surface area contributed by atoms with Crippen LogP contribution in [0.2, 0.25) is 5.02 Å². The summed E-state index contributed by atoms with van der Waals surface area (Å²) >= 11 is 6.94. The van der Waals surface area contributed by atoms with E-state index in [-0.39, 0.29) is 16.3 Å². The third-order valence-electron chi connectivity index (χ3n) is 3.47. The number of benzene rings is 2. The molecule has 5 nitrogen and oxygen atoms in total. The molecule has 0 spiro atoms. The first-order chi connectivity index (χ1) is 12.4. The van der Waals surface area contributed by atoms with Gasteiger partial charge in [-0.2, -0.15) is 0 Å². The molecule has 132 valence electrons. The van der Waals surface area contributed by atoms with Crippen molar-refractivity contribution in [3.63, 3.8) is 0 Å². The molecule has 0 saturated heterocycles. The van der Waals surface area contributed by atoms with Crippen molar-refractivity contribution in [2.75, 3.05) is 10.6 Å². The fourth-order valence-corrected chi connectivity index (χ4v) is 3.42. The van der Waals surface area contributed by atoms with Gasteiger partial charge in [-0.3, -0.25) is 5.32 Å². The molecule has 3 N–H and O–H groups in total. The number of carboxylic acid groups (broad SMARTS) is 1. The second kappa shape index (κ2) is 7.55. The molecular weight excluding hydrogens is 379 g/mol. The number of halogens is 2. The van der Waals surface area contributed by atoms with Gasteiger partial charge in [-0.25, -0.2) is 14.0 Å². The van der Waals surface area contributed by atoms with Crippen LogP contribution in [0.5, 0.6) is 0 Å². The Labute approximate surface area is 157 Å². The highest BCUT2D eigenvalue weighted by molar-refractivity contribution is 7.15. The number of anilines is 2. The largest absolute Gasteiger partial charge is 0.478 e.